The van der Waals surface area contributed by atoms with Crippen LogP contribution in [0.15, 0.2) is 11.8 Å². The van der Waals surface area contributed by atoms with Crippen LogP contribution in [0, 0.1) is 11.3 Å². The average Bonchev–Trinajstić information content (AvgIpc) is 2.46. The molecule has 0 rings (SSSR count). The van der Waals surface area contributed by atoms with E-state index >= 15 is 0 Å². The molecular weight excluding hydrogens is 310 g/mol. The lowest BCUT2D eigenvalue weighted by molar-refractivity contribution is -0.139. The van der Waals surface area contributed by atoms with E-state index in [0.29, 0.717) is 12.2 Å². The normalized spacial score (nSPS) is 12.1. The third-order valence-electron chi connectivity index (χ3n) is 2.56. The van der Waals surface area contributed by atoms with Crippen LogP contribution in [0.3, 0.4) is 0 Å². The zero-order valence-electron chi connectivity index (χ0n) is 12.2. The first-order chi connectivity index (χ1) is 10.4. The molecule has 122 valence electrons. The molecule has 0 bridgehead atoms. The van der Waals surface area contributed by atoms with Crippen molar-refractivity contribution in [1.82, 2.24) is 10.6 Å². The highest BCUT2D eigenvalue weighted by molar-refractivity contribution is 7.98. The Labute approximate surface area is 132 Å². The minimum Gasteiger partial charge on any atom is -0.481 e. The first kappa shape index (κ1) is 19.8. The van der Waals surface area contributed by atoms with Crippen molar-refractivity contribution in [2.75, 3.05) is 18.6 Å². The molecule has 0 aliphatic heterocycles. The van der Waals surface area contributed by atoms with Gasteiger partial charge in [-0.1, -0.05) is 0 Å². The Morgan fingerprint density at radius 2 is 2.05 bits per heavy atom. The van der Waals surface area contributed by atoms with E-state index in [9.17, 15) is 14.4 Å². The summed E-state index contributed by atoms with van der Waals surface area (Å²) in [6.07, 6.45) is 3.44. The van der Waals surface area contributed by atoms with E-state index in [4.69, 9.17) is 15.5 Å². The smallest absolute Gasteiger partial charge is 0.326 e. The quantitative estimate of drug-likeness (QED) is 0.239. The molecular formula is C13H19N3O5S. The van der Waals surface area contributed by atoms with Gasteiger partial charge in [0.25, 0.3) is 5.91 Å². The molecule has 0 fully saturated rings. The van der Waals surface area contributed by atoms with Gasteiger partial charge in [-0.25, -0.2) is 4.79 Å². The lowest BCUT2D eigenvalue weighted by Gasteiger charge is -2.12. The van der Waals surface area contributed by atoms with Gasteiger partial charge in [0.1, 0.15) is 17.7 Å². The predicted octanol–water partition coefficient (Wildman–Crippen LogP) is 0.171. The Hall–Kier alpha value is -2.21. The van der Waals surface area contributed by atoms with Crippen molar-refractivity contribution in [1.29, 1.82) is 5.26 Å². The number of thioether (sulfide) groups is 1. The molecule has 4 N–H and O–H groups in total. The van der Waals surface area contributed by atoms with Crippen LogP contribution in [-0.4, -0.2) is 52.7 Å². The molecule has 0 spiro atoms. The van der Waals surface area contributed by atoms with Crippen LogP contribution in [-0.2, 0) is 14.4 Å². The number of carbonyl (C=O) groups is 3. The van der Waals surface area contributed by atoms with Crippen LogP contribution in [0.1, 0.15) is 19.3 Å². The molecule has 0 aliphatic carbocycles. The molecule has 0 heterocycles. The van der Waals surface area contributed by atoms with E-state index < -0.39 is 23.9 Å². The number of carboxylic acid groups (broad SMARTS) is 2. The molecule has 0 radical (unpaired) electrons. The fourth-order valence-corrected chi connectivity index (χ4v) is 1.85. The summed E-state index contributed by atoms with van der Waals surface area (Å²) in [7, 11) is 0. The van der Waals surface area contributed by atoms with E-state index in [0.717, 1.165) is 6.20 Å². The summed E-state index contributed by atoms with van der Waals surface area (Å²) in [5, 5.41) is 31.3. The Kier molecular flexibility index (Phi) is 10.3. The second-order valence-electron chi connectivity index (χ2n) is 4.26. The van der Waals surface area contributed by atoms with E-state index in [1.165, 1.54) is 11.8 Å². The fraction of sp³-hybridized carbons (Fsp3) is 0.538. The third kappa shape index (κ3) is 8.86. The molecule has 0 saturated heterocycles. The number of carboxylic acids is 2. The number of hydrogen-bond donors (Lipinski definition) is 4. The van der Waals surface area contributed by atoms with Gasteiger partial charge in [0.05, 0.1) is 0 Å². The first-order valence-corrected chi connectivity index (χ1v) is 7.89. The van der Waals surface area contributed by atoms with E-state index in [-0.39, 0.29) is 25.0 Å². The molecule has 22 heavy (non-hydrogen) atoms. The first-order valence-electron chi connectivity index (χ1n) is 6.50. The molecule has 1 unspecified atom stereocenters. The van der Waals surface area contributed by atoms with Crippen molar-refractivity contribution in [3.63, 3.8) is 0 Å². The van der Waals surface area contributed by atoms with Gasteiger partial charge in [-0.3, -0.25) is 9.59 Å². The number of rotatable bonds is 11. The van der Waals surface area contributed by atoms with Gasteiger partial charge in [0.2, 0.25) is 0 Å². The summed E-state index contributed by atoms with van der Waals surface area (Å²) in [6, 6.07) is 0.795. The molecule has 1 amide bonds. The van der Waals surface area contributed by atoms with Crippen molar-refractivity contribution >= 4 is 29.6 Å². The van der Waals surface area contributed by atoms with Gasteiger partial charge < -0.3 is 20.8 Å². The zero-order valence-corrected chi connectivity index (χ0v) is 13.0. The van der Waals surface area contributed by atoms with E-state index in [1.807, 2.05) is 6.26 Å². The highest BCUT2D eigenvalue weighted by atomic mass is 32.2. The van der Waals surface area contributed by atoms with E-state index in [1.54, 1.807) is 6.07 Å². The molecule has 0 aliphatic rings. The van der Waals surface area contributed by atoms with Gasteiger partial charge >= 0.3 is 11.9 Å². The fourth-order valence-electron chi connectivity index (χ4n) is 1.38. The summed E-state index contributed by atoms with van der Waals surface area (Å²) in [4.78, 5) is 33.0. The van der Waals surface area contributed by atoms with Crippen molar-refractivity contribution in [2.24, 2.45) is 0 Å². The molecule has 0 saturated carbocycles. The number of amides is 1. The van der Waals surface area contributed by atoms with Gasteiger partial charge in [-0.05, 0) is 24.9 Å². The highest BCUT2D eigenvalue weighted by Crippen LogP contribution is 2.02. The van der Waals surface area contributed by atoms with Crippen LogP contribution >= 0.6 is 11.8 Å². The van der Waals surface area contributed by atoms with Crippen LogP contribution in [0.5, 0.6) is 0 Å². The maximum Gasteiger partial charge on any atom is 0.326 e. The molecule has 0 aromatic heterocycles. The summed E-state index contributed by atoms with van der Waals surface area (Å²) in [6.45, 7) is 0.124. The van der Waals surface area contributed by atoms with Crippen LogP contribution in [0.2, 0.25) is 0 Å². The number of carbonyl (C=O) groups excluding carboxylic acids is 1. The minimum atomic E-state index is -1.07. The van der Waals surface area contributed by atoms with Crippen molar-refractivity contribution in [3.05, 3.63) is 11.8 Å². The lowest BCUT2D eigenvalue weighted by atomic mass is 10.2. The monoisotopic (exact) mass is 329 g/mol. The largest absolute Gasteiger partial charge is 0.481 e. The minimum absolute atomic E-state index is 0.0834. The number of nitriles is 1. The standard InChI is InChI=1S/C13H19N3O5S/c1-22-6-4-10(13(20)21)16-8-9(7-14)12(19)15-5-2-3-11(17)18/h8,10,16H,2-6H2,1H3,(H,15,19)(H,17,18)(H,20,21)/b9-8-. The van der Waals surface area contributed by atoms with Crippen LogP contribution in [0.4, 0.5) is 0 Å². The van der Waals surface area contributed by atoms with Gasteiger partial charge in [-0.2, -0.15) is 17.0 Å². The van der Waals surface area contributed by atoms with Crippen LogP contribution in [0.25, 0.3) is 0 Å². The van der Waals surface area contributed by atoms with E-state index in [2.05, 4.69) is 10.6 Å². The summed E-state index contributed by atoms with van der Waals surface area (Å²) in [5.41, 5.74) is -0.259. The predicted molar refractivity (Wildman–Crippen MR) is 81.1 cm³/mol. The Bertz CT molecular complexity index is 473. The van der Waals surface area contributed by atoms with Gasteiger partial charge in [0, 0.05) is 19.2 Å². The summed E-state index contributed by atoms with van der Waals surface area (Å²) >= 11 is 1.49. The number of nitrogens with zero attached hydrogens (tertiary/aromatic N) is 1. The topological polar surface area (TPSA) is 140 Å². The second kappa shape index (κ2) is 11.4. The molecule has 0 aromatic rings. The van der Waals surface area contributed by atoms with Gasteiger partial charge in [-0.15, -0.1) is 0 Å². The summed E-state index contributed by atoms with van der Waals surface area (Å²) in [5.74, 6) is -2.08. The molecule has 9 heteroatoms. The Balaban J connectivity index is 4.46. The molecule has 8 nitrogen and oxygen atoms in total. The average molecular weight is 329 g/mol. The lowest BCUT2D eigenvalue weighted by Crippen LogP contribution is -2.35. The maximum atomic E-state index is 11.7. The third-order valence-corrected chi connectivity index (χ3v) is 3.20. The summed E-state index contributed by atoms with van der Waals surface area (Å²) < 4.78 is 0. The number of hydrogen-bond acceptors (Lipinski definition) is 6. The molecule has 1 atom stereocenters. The number of aliphatic carboxylic acids is 2. The number of nitrogens with one attached hydrogen (secondary N) is 2. The Morgan fingerprint density at radius 3 is 2.55 bits per heavy atom. The molecule has 0 aromatic carbocycles. The van der Waals surface area contributed by atoms with Gasteiger partial charge in [0.15, 0.2) is 0 Å². The SMILES string of the molecule is CSCCC(N/C=C(/C#N)C(=O)NCCCC(=O)O)C(=O)O. The van der Waals surface area contributed by atoms with Crippen molar-refractivity contribution in [3.8, 4) is 6.07 Å². The zero-order chi connectivity index (χ0) is 17.0. The van der Waals surface area contributed by atoms with Crippen molar-refractivity contribution in [2.45, 2.75) is 25.3 Å². The highest BCUT2D eigenvalue weighted by Gasteiger charge is 2.16. The second-order valence-corrected chi connectivity index (χ2v) is 5.25. The van der Waals surface area contributed by atoms with Crippen LogP contribution < -0.4 is 10.6 Å². The maximum absolute atomic E-state index is 11.7. The van der Waals surface area contributed by atoms with Crippen molar-refractivity contribution < 1.29 is 24.6 Å². The Morgan fingerprint density at radius 1 is 1.36 bits per heavy atom.